The zero-order valence-electron chi connectivity index (χ0n) is 15.8. The van der Waals surface area contributed by atoms with Gasteiger partial charge in [0, 0.05) is 19.3 Å². The smallest absolute Gasteiger partial charge is 0.263 e. The van der Waals surface area contributed by atoms with E-state index in [1.165, 1.54) is 35.0 Å². The Hall–Kier alpha value is -2.84. The minimum Gasteiger partial charge on any atom is -0.467 e. The number of carbonyl (C=O) groups excluding carboxylic acids is 1. The fraction of sp³-hybridized carbons (Fsp3) is 0.263. The Bertz CT molecular complexity index is 1070. The van der Waals surface area contributed by atoms with Crippen molar-refractivity contribution in [1.29, 1.82) is 5.26 Å². The second kappa shape index (κ2) is 9.77. The van der Waals surface area contributed by atoms with E-state index in [9.17, 15) is 18.5 Å². The number of amides is 1. The zero-order valence-corrected chi connectivity index (χ0v) is 17.4. The number of hydrogen-bond acceptors (Lipinski definition) is 7. The van der Waals surface area contributed by atoms with Gasteiger partial charge in [-0.1, -0.05) is 11.6 Å². The maximum absolute atomic E-state index is 12.8. The number of nitrogens with zero attached hydrogens (tertiary/aromatic N) is 2. The van der Waals surface area contributed by atoms with Crippen LogP contribution < -0.4 is 10.6 Å². The van der Waals surface area contributed by atoms with Gasteiger partial charge in [-0.15, -0.1) is 0 Å². The summed E-state index contributed by atoms with van der Waals surface area (Å²) in [6.45, 7) is 1.32. The van der Waals surface area contributed by atoms with Gasteiger partial charge in [-0.25, -0.2) is 8.42 Å². The first-order valence-corrected chi connectivity index (χ1v) is 10.8. The third-order valence-electron chi connectivity index (χ3n) is 4.29. The standard InChI is InChI=1S/C19H19ClN4O5S/c20-17-4-3-16(30(26,27)24-5-8-28-9-6-24)10-18(17)22-12-14(11-21)19(25)23-13-15-2-1-7-29-15/h1-4,7,10,12,22H,5-6,8-9,13H2,(H,23,25)/b14-12-. The molecule has 2 N–H and O–H groups in total. The van der Waals surface area contributed by atoms with Crippen LogP contribution in [0.15, 0.2) is 57.7 Å². The maximum Gasteiger partial charge on any atom is 0.263 e. The molecule has 0 saturated carbocycles. The number of halogens is 1. The summed E-state index contributed by atoms with van der Waals surface area (Å²) in [5.74, 6) is -0.0766. The van der Waals surface area contributed by atoms with Crippen LogP contribution in [0.2, 0.25) is 5.02 Å². The first-order chi connectivity index (χ1) is 14.4. The van der Waals surface area contributed by atoms with Gasteiger partial charge < -0.3 is 19.8 Å². The van der Waals surface area contributed by atoms with Crippen molar-refractivity contribution in [2.75, 3.05) is 31.6 Å². The number of carbonyl (C=O) groups is 1. The number of ether oxygens (including phenoxy) is 1. The number of anilines is 1. The molecule has 1 saturated heterocycles. The average Bonchev–Trinajstić information content (AvgIpc) is 3.28. The molecule has 0 spiro atoms. The lowest BCUT2D eigenvalue weighted by Gasteiger charge is -2.26. The molecule has 158 valence electrons. The Kier molecular flexibility index (Phi) is 7.12. The highest BCUT2D eigenvalue weighted by atomic mass is 35.5. The normalized spacial score (nSPS) is 15.4. The van der Waals surface area contributed by atoms with Crippen LogP contribution in [0.3, 0.4) is 0 Å². The van der Waals surface area contributed by atoms with Crippen LogP contribution in [-0.2, 0) is 26.1 Å². The minimum absolute atomic E-state index is 0.0467. The monoisotopic (exact) mass is 450 g/mol. The Labute approximate surface area is 178 Å². The number of rotatable bonds is 7. The topological polar surface area (TPSA) is 125 Å². The Morgan fingerprint density at radius 2 is 2.07 bits per heavy atom. The summed E-state index contributed by atoms with van der Waals surface area (Å²) in [6, 6.07) is 9.37. The Morgan fingerprint density at radius 1 is 1.30 bits per heavy atom. The summed E-state index contributed by atoms with van der Waals surface area (Å²) in [5.41, 5.74) is 0.0386. The minimum atomic E-state index is -3.72. The summed E-state index contributed by atoms with van der Waals surface area (Å²) < 4.78 is 37.3. The number of nitrogens with one attached hydrogen (secondary N) is 2. The van der Waals surface area contributed by atoms with Crippen LogP contribution in [0.1, 0.15) is 5.76 Å². The second-order valence-corrected chi connectivity index (χ2v) is 8.58. The van der Waals surface area contributed by atoms with Crippen LogP contribution in [0, 0.1) is 11.3 Å². The van der Waals surface area contributed by atoms with Gasteiger partial charge >= 0.3 is 0 Å². The first-order valence-electron chi connectivity index (χ1n) is 8.96. The van der Waals surface area contributed by atoms with Gasteiger partial charge in [0.25, 0.3) is 5.91 Å². The van der Waals surface area contributed by atoms with Crippen molar-refractivity contribution in [3.63, 3.8) is 0 Å². The highest BCUT2D eigenvalue weighted by Gasteiger charge is 2.26. The fourth-order valence-corrected chi connectivity index (χ4v) is 4.29. The van der Waals surface area contributed by atoms with E-state index in [-0.39, 0.29) is 40.8 Å². The second-order valence-electron chi connectivity index (χ2n) is 6.23. The van der Waals surface area contributed by atoms with Gasteiger partial charge in [-0.2, -0.15) is 9.57 Å². The summed E-state index contributed by atoms with van der Waals surface area (Å²) in [7, 11) is -3.72. The van der Waals surface area contributed by atoms with E-state index in [1.807, 2.05) is 0 Å². The van der Waals surface area contributed by atoms with Crippen molar-refractivity contribution in [3.8, 4) is 6.07 Å². The largest absolute Gasteiger partial charge is 0.467 e. The lowest BCUT2D eigenvalue weighted by Crippen LogP contribution is -2.40. The summed E-state index contributed by atoms with van der Waals surface area (Å²) in [4.78, 5) is 12.2. The molecule has 11 heteroatoms. The Morgan fingerprint density at radius 3 is 2.73 bits per heavy atom. The van der Waals surface area contributed by atoms with Crippen LogP contribution >= 0.6 is 11.6 Å². The van der Waals surface area contributed by atoms with E-state index in [1.54, 1.807) is 18.2 Å². The molecule has 0 bridgehead atoms. The van der Waals surface area contributed by atoms with E-state index < -0.39 is 15.9 Å². The summed E-state index contributed by atoms with van der Waals surface area (Å²) >= 11 is 6.15. The molecule has 1 amide bonds. The van der Waals surface area contributed by atoms with Gasteiger partial charge in [0.05, 0.1) is 41.6 Å². The molecule has 1 aliphatic heterocycles. The number of morpholine rings is 1. The fourth-order valence-electron chi connectivity index (χ4n) is 2.69. The molecule has 0 unspecified atom stereocenters. The molecular formula is C19H19ClN4O5S. The van der Waals surface area contributed by atoms with Crippen molar-refractivity contribution in [1.82, 2.24) is 9.62 Å². The number of sulfonamides is 1. The molecule has 0 aliphatic carbocycles. The number of furan rings is 1. The number of benzene rings is 1. The van der Waals surface area contributed by atoms with Gasteiger partial charge in [0.1, 0.15) is 17.4 Å². The summed E-state index contributed by atoms with van der Waals surface area (Å²) in [6.07, 6.45) is 2.65. The van der Waals surface area contributed by atoms with E-state index in [0.717, 1.165) is 0 Å². The van der Waals surface area contributed by atoms with Crippen molar-refractivity contribution in [2.45, 2.75) is 11.4 Å². The van der Waals surface area contributed by atoms with Crippen LogP contribution in [0.5, 0.6) is 0 Å². The third-order valence-corrected chi connectivity index (χ3v) is 6.51. The SMILES string of the molecule is N#C/C(=C/Nc1cc(S(=O)(=O)N2CCOCC2)ccc1Cl)C(=O)NCc1ccco1. The highest BCUT2D eigenvalue weighted by Crippen LogP contribution is 2.27. The molecule has 1 fully saturated rings. The van der Waals surface area contributed by atoms with Gasteiger partial charge in [-0.05, 0) is 30.3 Å². The summed E-state index contributed by atoms with van der Waals surface area (Å²) in [5, 5.41) is 14.8. The highest BCUT2D eigenvalue weighted by molar-refractivity contribution is 7.89. The molecule has 1 aromatic heterocycles. The van der Waals surface area contributed by atoms with Crippen LogP contribution in [0.25, 0.3) is 0 Å². The van der Waals surface area contributed by atoms with E-state index in [2.05, 4.69) is 10.6 Å². The van der Waals surface area contributed by atoms with Gasteiger partial charge in [-0.3, -0.25) is 4.79 Å². The van der Waals surface area contributed by atoms with Crippen molar-refractivity contribution in [3.05, 3.63) is 59.2 Å². The quantitative estimate of drug-likeness (QED) is 0.488. The van der Waals surface area contributed by atoms with E-state index in [0.29, 0.717) is 19.0 Å². The van der Waals surface area contributed by atoms with Gasteiger partial charge in [0.2, 0.25) is 10.0 Å². The molecule has 2 aromatic rings. The molecule has 9 nitrogen and oxygen atoms in total. The molecule has 2 heterocycles. The first kappa shape index (κ1) is 21.9. The third kappa shape index (κ3) is 5.20. The predicted octanol–water partition coefficient (Wildman–Crippen LogP) is 2.09. The van der Waals surface area contributed by atoms with Crippen molar-refractivity contribution >= 4 is 33.2 Å². The van der Waals surface area contributed by atoms with Crippen molar-refractivity contribution < 1.29 is 22.4 Å². The molecular weight excluding hydrogens is 432 g/mol. The molecule has 3 rings (SSSR count). The molecule has 1 aromatic carbocycles. The lowest BCUT2D eigenvalue weighted by molar-refractivity contribution is -0.117. The van der Waals surface area contributed by atoms with Crippen molar-refractivity contribution in [2.24, 2.45) is 0 Å². The van der Waals surface area contributed by atoms with E-state index >= 15 is 0 Å². The van der Waals surface area contributed by atoms with Gasteiger partial charge in [0.15, 0.2) is 0 Å². The van der Waals surface area contributed by atoms with E-state index in [4.69, 9.17) is 20.8 Å². The number of nitriles is 1. The predicted molar refractivity (Wildman–Crippen MR) is 109 cm³/mol. The molecule has 0 radical (unpaired) electrons. The zero-order chi connectivity index (χ0) is 21.6. The molecule has 1 aliphatic rings. The Balaban J connectivity index is 1.74. The lowest BCUT2D eigenvalue weighted by atomic mass is 10.2. The average molecular weight is 451 g/mol. The number of hydrogen-bond donors (Lipinski definition) is 2. The maximum atomic E-state index is 12.8. The van der Waals surface area contributed by atoms with Crippen LogP contribution in [0.4, 0.5) is 5.69 Å². The van der Waals surface area contributed by atoms with Crippen LogP contribution in [-0.4, -0.2) is 44.9 Å². The molecule has 0 atom stereocenters. The molecule has 30 heavy (non-hydrogen) atoms.